The van der Waals surface area contributed by atoms with Gasteiger partial charge in [0.25, 0.3) is 0 Å². The smallest absolute Gasteiger partial charge is 0.0693 e. The maximum atomic E-state index is 10.1. The summed E-state index contributed by atoms with van der Waals surface area (Å²) in [5, 5.41) is 13.7. The van der Waals surface area contributed by atoms with Crippen molar-refractivity contribution in [3.05, 3.63) is 0 Å². The summed E-state index contributed by atoms with van der Waals surface area (Å²) in [6.45, 7) is 5.87. The summed E-state index contributed by atoms with van der Waals surface area (Å²) < 4.78 is 0. The summed E-state index contributed by atoms with van der Waals surface area (Å²) >= 11 is 0. The summed E-state index contributed by atoms with van der Waals surface area (Å²) in [4.78, 5) is 2.60. The number of piperidine rings is 1. The SMILES string of the molecule is CC(CNC1CCCCCC1O)N1CCCCC1. The lowest BCUT2D eigenvalue weighted by Gasteiger charge is -2.34. The molecule has 2 fully saturated rings. The predicted octanol–water partition coefficient (Wildman–Crippen LogP) is 2.14. The molecular formula is C15H30N2O. The molecule has 0 radical (unpaired) electrons. The van der Waals surface area contributed by atoms with Gasteiger partial charge in [-0.2, -0.15) is 0 Å². The molecule has 1 saturated carbocycles. The maximum absolute atomic E-state index is 10.1. The third kappa shape index (κ3) is 4.22. The van der Waals surface area contributed by atoms with Crippen molar-refractivity contribution < 1.29 is 5.11 Å². The Morgan fingerprint density at radius 2 is 1.72 bits per heavy atom. The van der Waals surface area contributed by atoms with Gasteiger partial charge in [0.15, 0.2) is 0 Å². The lowest BCUT2D eigenvalue weighted by molar-refractivity contribution is 0.109. The molecule has 0 aromatic heterocycles. The van der Waals surface area contributed by atoms with Crippen molar-refractivity contribution in [2.75, 3.05) is 19.6 Å². The Hall–Kier alpha value is -0.120. The van der Waals surface area contributed by atoms with Crippen molar-refractivity contribution in [3.8, 4) is 0 Å². The lowest BCUT2D eigenvalue weighted by atomic mass is 10.1. The average Bonchev–Trinajstić information content (AvgIpc) is 2.62. The molecule has 0 spiro atoms. The van der Waals surface area contributed by atoms with Crippen LogP contribution in [0.25, 0.3) is 0 Å². The van der Waals surface area contributed by atoms with Gasteiger partial charge < -0.3 is 10.4 Å². The first-order valence-electron chi connectivity index (χ1n) is 7.93. The molecule has 0 amide bonds. The fraction of sp³-hybridized carbons (Fsp3) is 1.00. The summed E-state index contributed by atoms with van der Waals surface area (Å²) in [7, 11) is 0. The molecule has 1 saturated heterocycles. The number of aliphatic hydroxyl groups excluding tert-OH is 1. The van der Waals surface area contributed by atoms with Crippen LogP contribution in [-0.2, 0) is 0 Å². The van der Waals surface area contributed by atoms with Crippen LogP contribution in [-0.4, -0.2) is 47.8 Å². The van der Waals surface area contributed by atoms with Gasteiger partial charge in [0.05, 0.1) is 6.10 Å². The van der Waals surface area contributed by atoms with Crippen LogP contribution in [0.3, 0.4) is 0 Å². The summed E-state index contributed by atoms with van der Waals surface area (Å²) in [5.74, 6) is 0. The number of likely N-dealkylation sites (tertiary alicyclic amines) is 1. The van der Waals surface area contributed by atoms with Crippen molar-refractivity contribution in [3.63, 3.8) is 0 Å². The van der Waals surface area contributed by atoms with E-state index in [9.17, 15) is 5.11 Å². The monoisotopic (exact) mass is 254 g/mol. The van der Waals surface area contributed by atoms with Gasteiger partial charge in [-0.05, 0) is 45.7 Å². The van der Waals surface area contributed by atoms with Crippen LogP contribution in [0.1, 0.15) is 58.3 Å². The summed E-state index contributed by atoms with van der Waals surface area (Å²) in [6, 6.07) is 0.945. The fourth-order valence-corrected chi connectivity index (χ4v) is 3.34. The van der Waals surface area contributed by atoms with Crippen molar-refractivity contribution in [2.45, 2.75) is 76.5 Å². The molecule has 1 aliphatic heterocycles. The van der Waals surface area contributed by atoms with Gasteiger partial charge in [-0.1, -0.05) is 25.7 Å². The van der Waals surface area contributed by atoms with Gasteiger partial charge in [-0.3, -0.25) is 4.90 Å². The average molecular weight is 254 g/mol. The van der Waals surface area contributed by atoms with E-state index in [2.05, 4.69) is 17.1 Å². The standard InChI is InChI=1S/C15H30N2O/c1-13(17-10-6-3-7-11-17)12-16-14-8-4-2-5-9-15(14)18/h13-16,18H,2-12H2,1H3. The minimum atomic E-state index is -0.124. The molecule has 2 aliphatic rings. The van der Waals surface area contributed by atoms with Crippen LogP contribution >= 0.6 is 0 Å². The Labute approximate surface area is 112 Å². The van der Waals surface area contributed by atoms with E-state index >= 15 is 0 Å². The predicted molar refractivity (Wildman–Crippen MR) is 75.8 cm³/mol. The Bertz CT molecular complexity index is 229. The van der Waals surface area contributed by atoms with E-state index in [4.69, 9.17) is 0 Å². The largest absolute Gasteiger partial charge is 0.392 e. The van der Waals surface area contributed by atoms with Crippen molar-refractivity contribution in [1.29, 1.82) is 0 Å². The molecule has 2 N–H and O–H groups in total. The van der Waals surface area contributed by atoms with Crippen LogP contribution in [0.4, 0.5) is 0 Å². The Balaban J connectivity index is 1.71. The molecule has 0 bridgehead atoms. The number of rotatable bonds is 4. The van der Waals surface area contributed by atoms with E-state index in [-0.39, 0.29) is 6.10 Å². The van der Waals surface area contributed by atoms with E-state index in [1.54, 1.807) is 0 Å². The molecule has 1 aliphatic carbocycles. The quantitative estimate of drug-likeness (QED) is 0.755. The topological polar surface area (TPSA) is 35.5 Å². The Morgan fingerprint density at radius 3 is 2.50 bits per heavy atom. The third-order valence-electron chi connectivity index (χ3n) is 4.67. The summed E-state index contributed by atoms with van der Waals surface area (Å²) in [6.07, 6.45) is 9.88. The molecule has 2 rings (SSSR count). The number of hydrogen-bond donors (Lipinski definition) is 2. The van der Waals surface area contributed by atoms with Crippen LogP contribution < -0.4 is 5.32 Å². The molecule has 3 heteroatoms. The van der Waals surface area contributed by atoms with Crippen LogP contribution in [0.2, 0.25) is 0 Å². The van der Waals surface area contributed by atoms with E-state index < -0.39 is 0 Å². The van der Waals surface area contributed by atoms with Crippen LogP contribution in [0.5, 0.6) is 0 Å². The first-order valence-corrected chi connectivity index (χ1v) is 7.93. The zero-order valence-corrected chi connectivity index (χ0v) is 11.9. The van der Waals surface area contributed by atoms with Crippen LogP contribution in [0.15, 0.2) is 0 Å². The normalized spacial score (nSPS) is 33.0. The second-order valence-electron chi connectivity index (χ2n) is 6.17. The van der Waals surface area contributed by atoms with E-state index in [0.29, 0.717) is 12.1 Å². The van der Waals surface area contributed by atoms with Gasteiger partial charge >= 0.3 is 0 Å². The van der Waals surface area contributed by atoms with Crippen molar-refractivity contribution >= 4 is 0 Å². The second kappa shape index (κ2) is 7.46. The van der Waals surface area contributed by atoms with E-state index in [1.807, 2.05) is 0 Å². The summed E-state index contributed by atoms with van der Waals surface area (Å²) in [5.41, 5.74) is 0. The Morgan fingerprint density at radius 1 is 1.06 bits per heavy atom. The third-order valence-corrected chi connectivity index (χ3v) is 4.67. The fourth-order valence-electron chi connectivity index (χ4n) is 3.34. The molecule has 3 atom stereocenters. The molecule has 0 aromatic rings. The zero-order chi connectivity index (χ0) is 12.8. The zero-order valence-electron chi connectivity index (χ0n) is 11.9. The molecule has 0 aromatic carbocycles. The van der Waals surface area contributed by atoms with Gasteiger partial charge in [0.1, 0.15) is 0 Å². The highest BCUT2D eigenvalue weighted by Gasteiger charge is 2.23. The first-order chi connectivity index (χ1) is 8.77. The first kappa shape index (κ1) is 14.3. The molecule has 3 nitrogen and oxygen atoms in total. The Kier molecular flexibility index (Phi) is 5.93. The van der Waals surface area contributed by atoms with Crippen LogP contribution in [0, 0.1) is 0 Å². The number of nitrogens with zero attached hydrogens (tertiary/aromatic N) is 1. The lowest BCUT2D eigenvalue weighted by Crippen LogP contribution is -2.48. The molecule has 3 unspecified atom stereocenters. The number of hydrogen-bond acceptors (Lipinski definition) is 3. The highest BCUT2D eigenvalue weighted by molar-refractivity contribution is 4.81. The minimum Gasteiger partial charge on any atom is -0.392 e. The van der Waals surface area contributed by atoms with Gasteiger partial charge in [0, 0.05) is 18.6 Å². The molecular weight excluding hydrogens is 224 g/mol. The second-order valence-corrected chi connectivity index (χ2v) is 6.17. The number of nitrogens with one attached hydrogen (secondary N) is 1. The highest BCUT2D eigenvalue weighted by Crippen LogP contribution is 2.18. The minimum absolute atomic E-state index is 0.124. The van der Waals surface area contributed by atoms with Gasteiger partial charge in [0.2, 0.25) is 0 Å². The van der Waals surface area contributed by atoms with Gasteiger partial charge in [-0.15, -0.1) is 0 Å². The van der Waals surface area contributed by atoms with Crippen molar-refractivity contribution in [1.82, 2.24) is 10.2 Å². The molecule has 106 valence electrons. The molecule has 1 heterocycles. The maximum Gasteiger partial charge on any atom is 0.0693 e. The highest BCUT2D eigenvalue weighted by atomic mass is 16.3. The molecule has 18 heavy (non-hydrogen) atoms. The van der Waals surface area contributed by atoms with E-state index in [0.717, 1.165) is 19.4 Å². The van der Waals surface area contributed by atoms with E-state index in [1.165, 1.54) is 51.6 Å². The number of aliphatic hydroxyl groups is 1. The van der Waals surface area contributed by atoms with Crippen molar-refractivity contribution in [2.24, 2.45) is 0 Å². The van der Waals surface area contributed by atoms with Gasteiger partial charge in [-0.25, -0.2) is 0 Å².